The standard InChI is InChI=1S/C24H16ClN3O4/c25-15-7-3-6-14(11-15)21(30)19-20(13-5-4-8-16(29)12-13)28(23(32)22(19)31)24-26-17-9-1-2-10-18(17)27-24/h1-12,20,29-30H,(H,26,27)/b21-19+. The Morgan fingerprint density at radius 1 is 1.00 bits per heavy atom. The lowest BCUT2D eigenvalue weighted by atomic mass is 9.95. The van der Waals surface area contributed by atoms with Crippen LogP contribution in [-0.2, 0) is 9.59 Å². The number of aliphatic hydroxyl groups is 1. The molecule has 1 aliphatic rings. The fourth-order valence-corrected chi connectivity index (χ4v) is 4.10. The van der Waals surface area contributed by atoms with Crippen LogP contribution in [0.15, 0.2) is 78.4 Å². The monoisotopic (exact) mass is 445 g/mol. The number of halogens is 1. The van der Waals surface area contributed by atoms with Crippen LogP contribution in [0.4, 0.5) is 5.95 Å². The summed E-state index contributed by atoms with van der Waals surface area (Å²) in [7, 11) is 0. The van der Waals surface area contributed by atoms with Crippen molar-refractivity contribution in [3.8, 4) is 5.75 Å². The Morgan fingerprint density at radius 3 is 2.53 bits per heavy atom. The number of carbonyl (C=O) groups excluding carboxylic acids is 2. The van der Waals surface area contributed by atoms with E-state index in [1.807, 2.05) is 12.1 Å². The minimum absolute atomic E-state index is 0.0413. The number of anilines is 1. The summed E-state index contributed by atoms with van der Waals surface area (Å²) in [4.78, 5) is 35.0. The van der Waals surface area contributed by atoms with Crippen molar-refractivity contribution in [3.63, 3.8) is 0 Å². The van der Waals surface area contributed by atoms with Gasteiger partial charge in [0.25, 0.3) is 5.78 Å². The summed E-state index contributed by atoms with van der Waals surface area (Å²) in [6, 6.07) is 18.8. The molecule has 8 heteroatoms. The number of benzene rings is 3. The number of imidazole rings is 1. The molecule has 3 N–H and O–H groups in total. The van der Waals surface area contributed by atoms with E-state index < -0.39 is 17.7 Å². The molecule has 2 heterocycles. The van der Waals surface area contributed by atoms with E-state index in [4.69, 9.17) is 11.6 Å². The van der Waals surface area contributed by atoms with Gasteiger partial charge in [0.1, 0.15) is 11.5 Å². The van der Waals surface area contributed by atoms with Gasteiger partial charge in [-0.25, -0.2) is 4.98 Å². The molecule has 1 unspecified atom stereocenters. The van der Waals surface area contributed by atoms with E-state index >= 15 is 0 Å². The first kappa shape index (κ1) is 19.8. The Balaban J connectivity index is 1.75. The second kappa shape index (κ2) is 7.55. The molecule has 3 aromatic carbocycles. The molecule has 0 radical (unpaired) electrons. The van der Waals surface area contributed by atoms with Gasteiger partial charge in [0.05, 0.1) is 22.6 Å². The number of fused-ring (bicyclic) bond motifs is 1. The average molecular weight is 446 g/mol. The average Bonchev–Trinajstić information content (AvgIpc) is 3.32. The number of para-hydroxylation sites is 2. The van der Waals surface area contributed by atoms with Crippen LogP contribution in [0.1, 0.15) is 17.2 Å². The first-order valence-corrected chi connectivity index (χ1v) is 10.1. The van der Waals surface area contributed by atoms with Crippen molar-refractivity contribution in [2.24, 2.45) is 0 Å². The molecule has 0 aliphatic carbocycles. The SMILES string of the molecule is O=C1C(=O)N(c2nc3ccccc3[nH]2)C(c2cccc(O)c2)/C1=C(\O)c1cccc(Cl)c1. The van der Waals surface area contributed by atoms with Gasteiger partial charge in [0.15, 0.2) is 0 Å². The molecular formula is C24H16ClN3O4. The highest BCUT2D eigenvalue weighted by molar-refractivity contribution is 6.51. The maximum Gasteiger partial charge on any atom is 0.302 e. The Labute approximate surface area is 187 Å². The molecule has 7 nitrogen and oxygen atoms in total. The lowest BCUT2D eigenvalue weighted by Crippen LogP contribution is -2.30. The van der Waals surface area contributed by atoms with Gasteiger partial charge >= 0.3 is 5.91 Å². The third kappa shape index (κ3) is 3.19. The van der Waals surface area contributed by atoms with E-state index in [0.717, 1.165) is 0 Å². The minimum Gasteiger partial charge on any atom is -0.508 e. The van der Waals surface area contributed by atoms with Crippen LogP contribution in [0.5, 0.6) is 5.75 Å². The summed E-state index contributed by atoms with van der Waals surface area (Å²) in [5, 5.41) is 21.5. The highest BCUT2D eigenvalue weighted by Crippen LogP contribution is 2.42. The summed E-state index contributed by atoms with van der Waals surface area (Å²) in [5.41, 5.74) is 1.92. The minimum atomic E-state index is -1.01. The highest BCUT2D eigenvalue weighted by Gasteiger charge is 2.48. The number of amides is 1. The van der Waals surface area contributed by atoms with E-state index in [1.54, 1.807) is 42.5 Å². The molecule has 0 bridgehead atoms. The molecule has 4 aromatic rings. The number of aliphatic hydroxyl groups excluding tert-OH is 1. The second-order valence-electron chi connectivity index (χ2n) is 7.35. The molecule has 1 amide bonds. The number of rotatable bonds is 3. The Hall–Kier alpha value is -4.10. The van der Waals surface area contributed by atoms with Crippen molar-refractivity contribution < 1.29 is 19.8 Å². The summed E-state index contributed by atoms with van der Waals surface area (Å²) in [6.45, 7) is 0. The van der Waals surface area contributed by atoms with E-state index in [-0.39, 0.29) is 23.0 Å². The molecule has 5 rings (SSSR count). The predicted octanol–water partition coefficient (Wildman–Crippen LogP) is 4.55. The number of carbonyl (C=O) groups is 2. The van der Waals surface area contributed by atoms with Crippen LogP contribution in [0.3, 0.4) is 0 Å². The topological polar surface area (TPSA) is 107 Å². The van der Waals surface area contributed by atoms with E-state index in [0.29, 0.717) is 27.2 Å². The summed E-state index contributed by atoms with van der Waals surface area (Å²) < 4.78 is 0. The summed E-state index contributed by atoms with van der Waals surface area (Å²) in [5.74, 6) is -1.96. The highest BCUT2D eigenvalue weighted by atomic mass is 35.5. The first-order chi connectivity index (χ1) is 15.4. The number of hydrogen-bond donors (Lipinski definition) is 3. The zero-order chi connectivity index (χ0) is 22.4. The molecule has 158 valence electrons. The van der Waals surface area contributed by atoms with Crippen LogP contribution in [0.25, 0.3) is 16.8 Å². The van der Waals surface area contributed by atoms with Gasteiger partial charge in [-0.1, -0.05) is 48.0 Å². The lowest BCUT2D eigenvalue weighted by Gasteiger charge is -2.23. The predicted molar refractivity (Wildman–Crippen MR) is 120 cm³/mol. The number of nitrogens with zero attached hydrogens (tertiary/aromatic N) is 2. The molecule has 1 atom stereocenters. The fourth-order valence-electron chi connectivity index (χ4n) is 3.91. The van der Waals surface area contributed by atoms with Crippen molar-refractivity contribution in [1.82, 2.24) is 9.97 Å². The zero-order valence-electron chi connectivity index (χ0n) is 16.5. The molecule has 0 spiro atoms. The molecule has 32 heavy (non-hydrogen) atoms. The van der Waals surface area contributed by atoms with Gasteiger partial charge in [0, 0.05) is 10.6 Å². The van der Waals surface area contributed by atoms with Crippen molar-refractivity contribution in [3.05, 3.63) is 94.5 Å². The van der Waals surface area contributed by atoms with E-state index in [1.165, 1.54) is 23.1 Å². The van der Waals surface area contributed by atoms with Crippen LogP contribution in [-0.4, -0.2) is 31.9 Å². The normalized spacial score (nSPS) is 17.9. The molecular weight excluding hydrogens is 430 g/mol. The number of aromatic hydroxyl groups is 1. The number of nitrogens with one attached hydrogen (secondary N) is 1. The third-order valence-electron chi connectivity index (χ3n) is 5.33. The summed E-state index contributed by atoms with van der Waals surface area (Å²) in [6.07, 6.45) is 0. The van der Waals surface area contributed by atoms with E-state index in [9.17, 15) is 19.8 Å². The molecule has 0 saturated carbocycles. The Morgan fingerprint density at radius 2 is 1.78 bits per heavy atom. The van der Waals surface area contributed by atoms with Crippen LogP contribution in [0.2, 0.25) is 5.02 Å². The third-order valence-corrected chi connectivity index (χ3v) is 5.57. The number of ketones is 1. The fraction of sp³-hybridized carbons (Fsp3) is 0.0417. The maximum atomic E-state index is 13.1. The number of hydrogen-bond acceptors (Lipinski definition) is 5. The van der Waals surface area contributed by atoms with Gasteiger partial charge in [-0.3, -0.25) is 14.5 Å². The van der Waals surface area contributed by atoms with Gasteiger partial charge < -0.3 is 15.2 Å². The Kier molecular flexibility index (Phi) is 4.68. The van der Waals surface area contributed by atoms with Gasteiger partial charge in [-0.2, -0.15) is 0 Å². The summed E-state index contributed by atoms with van der Waals surface area (Å²) >= 11 is 6.06. The second-order valence-corrected chi connectivity index (χ2v) is 7.79. The number of aromatic nitrogens is 2. The van der Waals surface area contributed by atoms with Gasteiger partial charge in [-0.15, -0.1) is 0 Å². The molecule has 1 aliphatic heterocycles. The van der Waals surface area contributed by atoms with E-state index in [2.05, 4.69) is 9.97 Å². The molecule has 1 aromatic heterocycles. The maximum absolute atomic E-state index is 13.1. The van der Waals surface area contributed by atoms with Gasteiger partial charge in [0.2, 0.25) is 5.95 Å². The first-order valence-electron chi connectivity index (χ1n) is 9.74. The van der Waals surface area contributed by atoms with Crippen LogP contribution in [0, 0.1) is 0 Å². The van der Waals surface area contributed by atoms with Gasteiger partial charge in [-0.05, 0) is 42.0 Å². The smallest absolute Gasteiger partial charge is 0.302 e. The quantitative estimate of drug-likeness (QED) is 0.244. The number of phenols is 1. The zero-order valence-corrected chi connectivity index (χ0v) is 17.2. The Bertz CT molecular complexity index is 1390. The van der Waals surface area contributed by atoms with Crippen molar-refractivity contribution in [1.29, 1.82) is 0 Å². The molecule has 1 saturated heterocycles. The number of aromatic amines is 1. The largest absolute Gasteiger partial charge is 0.508 e. The van der Waals surface area contributed by atoms with Crippen molar-refractivity contribution in [2.45, 2.75) is 6.04 Å². The number of H-pyrrole nitrogens is 1. The number of phenolic OH excluding ortho intramolecular Hbond substituents is 1. The van der Waals surface area contributed by atoms with Crippen molar-refractivity contribution in [2.75, 3.05) is 4.90 Å². The lowest BCUT2D eigenvalue weighted by molar-refractivity contribution is -0.132. The van der Waals surface area contributed by atoms with Crippen molar-refractivity contribution >= 4 is 46.0 Å². The number of Topliss-reactive ketones (excluding diaryl/α,β-unsaturated/α-hetero) is 1. The van der Waals surface area contributed by atoms with Crippen LogP contribution >= 0.6 is 11.6 Å². The van der Waals surface area contributed by atoms with Crippen LogP contribution < -0.4 is 4.90 Å². The molecule has 1 fully saturated rings.